The summed E-state index contributed by atoms with van der Waals surface area (Å²) >= 11 is 0. The molecule has 0 aliphatic carbocycles. The number of hydrogen-bond acceptors (Lipinski definition) is 0. The lowest BCUT2D eigenvalue weighted by molar-refractivity contribution is -0.0969. The Bertz CT molecular complexity index is 289. The van der Waals surface area contributed by atoms with Gasteiger partial charge in [-0.3, -0.25) is 0 Å². The molecular weight excluding hydrogens is 228 g/mol. The fourth-order valence-corrected chi connectivity index (χ4v) is 3.29. The van der Waals surface area contributed by atoms with Crippen LogP contribution >= 0.6 is 0 Å². The average molecular weight is 269 g/mol. The maximum absolute atomic E-state index is 2.49. The van der Waals surface area contributed by atoms with E-state index in [2.05, 4.69) is 83.1 Å². The summed E-state index contributed by atoms with van der Waals surface area (Å²) < 4.78 is 0. The van der Waals surface area contributed by atoms with Crippen LogP contribution in [0.4, 0.5) is 0 Å². The molecule has 0 saturated heterocycles. The Balaban J connectivity index is 5.62. The third kappa shape index (κ3) is 3.03. The van der Waals surface area contributed by atoms with Gasteiger partial charge in [-0.15, -0.1) is 0 Å². The van der Waals surface area contributed by atoms with Crippen molar-refractivity contribution in [3.05, 3.63) is 0 Å². The van der Waals surface area contributed by atoms with E-state index in [0.717, 1.165) is 0 Å². The summed E-state index contributed by atoms with van der Waals surface area (Å²) in [5.41, 5.74) is 1.34. The molecule has 0 rings (SSSR count). The van der Waals surface area contributed by atoms with Crippen LogP contribution in [0.15, 0.2) is 0 Å². The Hall–Kier alpha value is 0. The fourth-order valence-electron chi connectivity index (χ4n) is 3.29. The first-order valence-electron chi connectivity index (χ1n) is 8.16. The molecule has 0 aliphatic heterocycles. The summed E-state index contributed by atoms with van der Waals surface area (Å²) in [7, 11) is 0. The smallest absolute Gasteiger partial charge is 0.0249 e. The van der Waals surface area contributed by atoms with Crippen LogP contribution in [0.2, 0.25) is 0 Å². The second-order valence-corrected chi connectivity index (χ2v) is 9.28. The summed E-state index contributed by atoms with van der Waals surface area (Å²) in [6.45, 7) is 29.2. The highest BCUT2D eigenvalue weighted by Gasteiger charge is 2.52. The zero-order chi connectivity index (χ0) is 15.9. The first kappa shape index (κ1) is 19.0. The van der Waals surface area contributed by atoms with Gasteiger partial charge in [-0.2, -0.15) is 0 Å². The molecule has 0 aromatic heterocycles. The highest BCUT2D eigenvalue weighted by molar-refractivity contribution is 5.01. The average Bonchev–Trinajstić information content (AvgIpc) is 2.26. The second kappa shape index (κ2) is 5.41. The van der Waals surface area contributed by atoms with E-state index in [4.69, 9.17) is 0 Å². The highest BCUT2D eigenvalue weighted by Crippen LogP contribution is 2.60. The largest absolute Gasteiger partial charge is 0.0649 e. The van der Waals surface area contributed by atoms with E-state index in [-0.39, 0.29) is 0 Å². The minimum Gasteiger partial charge on any atom is -0.0649 e. The van der Waals surface area contributed by atoms with Gasteiger partial charge in [-0.05, 0) is 33.5 Å². The van der Waals surface area contributed by atoms with Crippen molar-refractivity contribution in [3.63, 3.8) is 0 Å². The zero-order valence-electron chi connectivity index (χ0n) is 15.9. The lowest BCUT2D eigenvalue weighted by Crippen LogP contribution is -2.51. The van der Waals surface area contributed by atoms with Gasteiger partial charge in [0.05, 0.1) is 0 Å². The molecule has 0 aromatic rings. The third-order valence-corrected chi connectivity index (χ3v) is 7.87. The Morgan fingerprint density at radius 3 is 1.37 bits per heavy atom. The maximum Gasteiger partial charge on any atom is -0.0249 e. The topological polar surface area (TPSA) is 0 Å². The molecule has 0 saturated carbocycles. The predicted molar refractivity (Wildman–Crippen MR) is 89.4 cm³/mol. The van der Waals surface area contributed by atoms with Crippen LogP contribution in [0.5, 0.6) is 0 Å². The fraction of sp³-hybridized carbons (Fsp3) is 1.00. The van der Waals surface area contributed by atoms with Crippen molar-refractivity contribution >= 4 is 0 Å². The molecule has 0 fully saturated rings. The summed E-state index contributed by atoms with van der Waals surface area (Å²) in [5.74, 6) is 1.39. The summed E-state index contributed by atoms with van der Waals surface area (Å²) in [5, 5.41) is 0. The normalized spacial score (nSPS) is 16.9. The highest BCUT2D eigenvalue weighted by atomic mass is 14.6. The van der Waals surface area contributed by atoms with E-state index in [0.29, 0.717) is 33.5 Å². The van der Waals surface area contributed by atoms with Crippen molar-refractivity contribution in [2.75, 3.05) is 0 Å². The Kier molecular flexibility index (Phi) is 5.41. The molecule has 1 atom stereocenters. The molecule has 0 heteroatoms. The molecule has 0 bridgehead atoms. The molecule has 0 aromatic carbocycles. The van der Waals surface area contributed by atoms with Gasteiger partial charge in [0.2, 0.25) is 0 Å². The number of rotatable bonds is 6. The summed E-state index contributed by atoms with van der Waals surface area (Å²) in [6, 6.07) is 0. The lowest BCUT2D eigenvalue weighted by atomic mass is 9.46. The van der Waals surface area contributed by atoms with Crippen LogP contribution in [-0.2, 0) is 0 Å². The Morgan fingerprint density at radius 2 is 1.11 bits per heavy atom. The molecular formula is C19H40. The van der Waals surface area contributed by atoms with Crippen LogP contribution in [0, 0.1) is 33.5 Å². The van der Waals surface area contributed by atoms with Crippen LogP contribution in [0.25, 0.3) is 0 Å². The maximum atomic E-state index is 2.49. The van der Waals surface area contributed by atoms with Gasteiger partial charge in [-0.1, -0.05) is 89.5 Å². The minimum atomic E-state index is 0.306. The van der Waals surface area contributed by atoms with Crippen molar-refractivity contribution in [1.29, 1.82) is 0 Å². The molecule has 0 nitrogen and oxygen atoms in total. The first-order valence-corrected chi connectivity index (χ1v) is 8.16. The van der Waals surface area contributed by atoms with E-state index in [1.807, 2.05) is 0 Å². The molecule has 0 aliphatic rings. The van der Waals surface area contributed by atoms with Gasteiger partial charge in [-0.25, -0.2) is 0 Å². The zero-order valence-corrected chi connectivity index (χ0v) is 15.9. The van der Waals surface area contributed by atoms with E-state index < -0.39 is 0 Å². The van der Waals surface area contributed by atoms with Gasteiger partial charge >= 0.3 is 0 Å². The Morgan fingerprint density at radius 1 is 0.737 bits per heavy atom. The van der Waals surface area contributed by atoms with Gasteiger partial charge in [0, 0.05) is 0 Å². The van der Waals surface area contributed by atoms with Gasteiger partial charge < -0.3 is 0 Å². The van der Waals surface area contributed by atoms with Crippen LogP contribution in [0.1, 0.15) is 89.5 Å². The van der Waals surface area contributed by atoms with E-state index >= 15 is 0 Å². The molecule has 0 radical (unpaired) electrons. The van der Waals surface area contributed by atoms with Crippen molar-refractivity contribution in [3.8, 4) is 0 Å². The van der Waals surface area contributed by atoms with Crippen molar-refractivity contribution in [1.82, 2.24) is 0 Å². The van der Waals surface area contributed by atoms with E-state index in [9.17, 15) is 0 Å². The van der Waals surface area contributed by atoms with Gasteiger partial charge in [0.15, 0.2) is 0 Å². The minimum absolute atomic E-state index is 0.306. The first-order chi connectivity index (χ1) is 8.16. The van der Waals surface area contributed by atoms with Gasteiger partial charge in [0.25, 0.3) is 0 Å². The second-order valence-electron chi connectivity index (χ2n) is 9.28. The van der Waals surface area contributed by atoms with Crippen LogP contribution < -0.4 is 0 Å². The summed E-state index contributed by atoms with van der Waals surface area (Å²) in [6.07, 6.45) is 1.23. The van der Waals surface area contributed by atoms with Crippen molar-refractivity contribution in [2.45, 2.75) is 89.5 Å². The van der Waals surface area contributed by atoms with Gasteiger partial charge in [0.1, 0.15) is 0 Å². The molecule has 1 unspecified atom stereocenters. The SMILES string of the molecule is CCC(C)(C)C(C)(C)C(C)(C)C(C)C(C)(C)C(C)C. The lowest BCUT2D eigenvalue weighted by Gasteiger charge is -2.58. The number of hydrogen-bond donors (Lipinski definition) is 0. The molecule has 0 spiro atoms. The molecule has 19 heavy (non-hydrogen) atoms. The van der Waals surface area contributed by atoms with E-state index in [1.165, 1.54) is 6.42 Å². The van der Waals surface area contributed by atoms with Crippen molar-refractivity contribution < 1.29 is 0 Å². The quantitative estimate of drug-likeness (QED) is 0.497. The Labute approximate surface area is 123 Å². The van der Waals surface area contributed by atoms with E-state index in [1.54, 1.807) is 0 Å². The van der Waals surface area contributed by atoms with Crippen LogP contribution in [-0.4, -0.2) is 0 Å². The summed E-state index contributed by atoms with van der Waals surface area (Å²) in [4.78, 5) is 0. The van der Waals surface area contributed by atoms with Crippen LogP contribution in [0.3, 0.4) is 0 Å². The predicted octanol–water partition coefficient (Wildman–Crippen LogP) is 6.79. The standard InChI is InChI=1S/C19H40/c1-13-16(5,6)19(11,12)18(9,10)15(4)17(7,8)14(2)3/h14-15H,13H2,1-12H3. The molecule has 116 valence electrons. The monoisotopic (exact) mass is 268 g/mol. The molecule has 0 amide bonds. The molecule has 0 heterocycles. The third-order valence-electron chi connectivity index (χ3n) is 7.87. The van der Waals surface area contributed by atoms with Crippen molar-refractivity contribution in [2.24, 2.45) is 33.5 Å². The molecule has 0 N–H and O–H groups in total.